The van der Waals surface area contributed by atoms with Crippen molar-refractivity contribution in [3.8, 4) is 12.0 Å². The van der Waals surface area contributed by atoms with E-state index < -0.39 is 0 Å². The molecule has 0 radical (unpaired) electrons. The Kier molecular flexibility index (Phi) is 4.24. The Balaban J connectivity index is 2.36. The third-order valence-corrected chi connectivity index (χ3v) is 3.15. The van der Waals surface area contributed by atoms with Crippen molar-refractivity contribution >= 4 is 23.2 Å². The molecule has 98 valence electrons. The summed E-state index contributed by atoms with van der Waals surface area (Å²) in [6.07, 6.45) is 1.13. The van der Waals surface area contributed by atoms with Crippen molar-refractivity contribution < 1.29 is 4.79 Å². The van der Waals surface area contributed by atoms with E-state index in [9.17, 15) is 4.79 Å². The zero-order valence-electron chi connectivity index (χ0n) is 11.0. The van der Waals surface area contributed by atoms with Crippen LogP contribution >= 0.6 is 11.6 Å². The summed E-state index contributed by atoms with van der Waals surface area (Å²) in [5.74, 6) is 2.91. The van der Waals surface area contributed by atoms with E-state index in [1.165, 1.54) is 5.01 Å². The lowest BCUT2D eigenvalue weighted by Gasteiger charge is -2.23. The van der Waals surface area contributed by atoms with Crippen molar-refractivity contribution in [3.63, 3.8) is 0 Å². The van der Waals surface area contributed by atoms with Gasteiger partial charge in [-0.25, -0.2) is 0 Å². The van der Waals surface area contributed by atoms with Gasteiger partial charge in [-0.05, 0) is 17.7 Å². The molecule has 19 heavy (non-hydrogen) atoms. The molecule has 1 atom stereocenters. The fraction of sp³-hybridized carbons (Fsp3) is 0.333. The Bertz CT molecular complexity index is 566. The van der Waals surface area contributed by atoms with Crippen LogP contribution in [-0.2, 0) is 4.79 Å². The second kappa shape index (κ2) is 5.90. The number of hydrazone groups is 1. The molecule has 0 N–H and O–H groups in total. The van der Waals surface area contributed by atoms with Gasteiger partial charge >= 0.3 is 0 Å². The van der Waals surface area contributed by atoms with Gasteiger partial charge in [-0.2, -0.15) is 10.1 Å². The lowest BCUT2D eigenvalue weighted by atomic mass is 9.94. The smallest absolute Gasteiger partial charge is 0.255 e. The summed E-state index contributed by atoms with van der Waals surface area (Å²) in [5, 5.41) is 6.31. The van der Waals surface area contributed by atoms with Crippen LogP contribution in [-0.4, -0.2) is 16.6 Å². The van der Waals surface area contributed by atoms with Crippen LogP contribution in [0, 0.1) is 17.9 Å². The summed E-state index contributed by atoms with van der Waals surface area (Å²) in [6, 6.07) is 10.3. The molecule has 0 fully saturated rings. The number of amides is 1. The summed E-state index contributed by atoms with van der Waals surface area (Å²) in [4.78, 5) is 11.8. The topological polar surface area (TPSA) is 32.7 Å². The highest BCUT2D eigenvalue weighted by Gasteiger charge is 2.26. The van der Waals surface area contributed by atoms with Crippen LogP contribution in [0.4, 0.5) is 0 Å². The number of rotatable bonds is 1. The first-order valence-electron chi connectivity index (χ1n) is 6.27. The van der Waals surface area contributed by atoms with Crippen LogP contribution in [0.15, 0.2) is 29.4 Å². The highest BCUT2D eigenvalue weighted by Crippen LogP contribution is 2.21. The highest BCUT2D eigenvalue weighted by atomic mass is 35.5. The minimum atomic E-state index is -0.0498. The molecule has 0 spiro atoms. The largest absolute Gasteiger partial charge is 0.272 e. The third kappa shape index (κ3) is 3.15. The SMILES string of the molecule is CCC#CN1N=C(c2ccc(Cl)cc2)C(C)CC1=O. The minimum Gasteiger partial charge on any atom is -0.272 e. The van der Waals surface area contributed by atoms with Crippen molar-refractivity contribution in [1.29, 1.82) is 0 Å². The number of hydrogen-bond acceptors (Lipinski definition) is 2. The second-order valence-electron chi connectivity index (χ2n) is 4.44. The average molecular weight is 275 g/mol. The number of halogens is 1. The van der Waals surface area contributed by atoms with E-state index >= 15 is 0 Å². The van der Waals surface area contributed by atoms with E-state index in [4.69, 9.17) is 11.6 Å². The first-order valence-corrected chi connectivity index (χ1v) is 6.65. The fourth-order valence-corrected chi connectivity index (χ4v) is 2.04. The number of nitrogens with zero attached hydrogens (tertiary/aromatic N) is 2. The normalized spacial score (nSPS) is 18.7. The van der Waals surface area contributed by atoms with E-state index in [0.717, 1.165) is 11.3 Å². The van der Waals surface area contributed by atoms with Gasteiger partial charge in [-0.15, -0.1) is 0 Å². The van der Waals surface area contributed by atoms with Gasteiger partial charge in [-0.1, -0.05) is 43.5 Å². The van der Waals surface area contributed by atoms with Crippen molar-refractivity contribution in [1.82, 2.24) is 5.01 Å². The van der Waals surface area contributed by atoms with E-state index in [1.54, 1.807) is 0 Å². The third-order valence-electron chi connectivity index (χ3n) is 2.89. The van der Waals surface area contributed by atoms with Gasteiger partial charge in [0.2, 0.25) is 0 Å². The summed E-state index contributed by atoms with van der Waals surface area (Å²) < 4.78 is 0. The van der Waals surface area contributed by atoms with Crippen LogP contribution in [0.3, 0.4) is 0 Å². The maximum Gasteiger partial charge on any atom is 0.255 e. The van der Waals surface area contributed by atoms with Crippen LogP contribution < -0.4 is 0 Å². The van der Waals surface area contributed by atoms with E-state index in [-0.39, 0.29) is 11.8 Å². The van der Waals surface area contributed by atoms with Crippen LogP contribution in [0.5, 0.6) is 0 Å². The molecular weight excluding hydrogens is 260 g/mol. The summed E-state index contributed by atoms with van der Waals surface area (Å²) >= 11 is 5.88. The molecule has 0 aliphatic carbocycles. The van der Waals surface area contributed by atoms with Crippen LogP contribution in [0.1, 0.15) is 32.3 Å². The zero-order chi connectivity index (χ0) is 13.8. The summed E-state index contributed by atoms with van der Waals surface area (Å²) in [6.45, 7) is 3.93. The summed E-state index contributed by atoms with van der Waals surface area (Å²) in [5.41, 5.74) is 1.86. The summed E-state index contributed by atoms with van der Waals surface area (Å²) in [7, 11) is 0. The standard InChI is InChI=1S/C15H15ClN2O/c1-3-4-9-18-14(19)10-11(2)15(17-18)12-5-7-13(16)8-6-12/h5-8,11H,3,10H2,1-2H3. The van der Waals surface area contributed by atoms with Gasteiger partial charge in [0.25, 0.3) is 5.91 Å². The maximum atomic E-state index is 11.8. The monoisotopic (exact) mass is 274 g/mol. The van der Waals surface area contributed by atoms with Gasteiger partial charge in [0.05, 0.1) is 5.71 Å². The van der Waals surface area contributed by atoms with Crippen LogP contribution in [0.25, 0.3) is 0 Å². The fourth-order valence-electron chi connectivity index (χ4n) is 1.91. The first kappa shape index (κ1) is 13.6. The number of hydrogen-bond donors (Lipinski definition) is 0. The lowest BCUT2D eigenvalue weighted by Crippen LogP contribution is -2.33. The molecule has 3 nitrogen and oxygen atoms in total. The predicted octanol–water partition coefficient (Wildman–Crippen LogP) is 3.28. The molecule has 1 aromatic rings. The van der Waals surface area contributed by atoms with Crippen LogP contribution in [0.2, 0.25) is 5.02 Å². The van der Waals surface area contributed by atoms with Crippen molar-refractivity contribution in [2.24, 2.45) is 11.0 Å². The molecule has 0 aromatic heterocycles. The van der Waals surface area contributed by atoms with E-state index in [0.29, 0.717) is 17.9 Å². The number of carbonyl (C=O) groups excluding carboxylic acids is 1. The van der Waals surface area contributed by atoms with E-state index in [2.05, 4.69) is 17.1 Å². The van der Waals surface area contributed by atoms with Crippen molar-refractivity contribution in [2.45, 2.75) is 26.7 Å². The first-order chi connectivity index (χ1) is 9.11. The highest BCUT2D eigenvalue weighted by molar-refractivity contribution is 6.30. The van der Waals surface area contributed by atoms with Gasteiger partial charge in [0.15, 0.2) is 0 Å². The Labute approximate surface area is 118 Å². The van der Waals surface area contributed by atoms with Crippen molar-refractivity contribution in [3.05, 3.63) is 34.9 Å². The second-order valence-corrected chi connectivity index (χ2v) is 4.88. The molecule has 1 aromatic carbocycles. The molecule has 1 amide bonds. The minimum absolute atomic E-state index is 0.0498. The molecule has 0 saturated heterocycles. The quantitative estimate of drug-likeness (QED) is 0.724. The van der Waals surface area contributed by atoms with Gasteiger partial charge in [-0.3, -0.25) is 4.79 Å². The molecule has 1 unspecified atom stereocenters. The molecule has 0 saturated carbocycles. The average Bonchev–Trinajstić information content (AvgIpc) is 2.39. The molecule has 1 aliphatic heterocycles. The van der Waals surface area contributed by atoms with E-state index in [1.807, 2.05) is 38.1 Å². The molecule has 4 heteroatoms. The van der Waals surface area contributed by atoms with Gasteiger partial charge in [0, 0.05) is 29.8 Å². The number of benzene rings is 1. The maximum absolute atomic E-state index is 11.8. The van der Waals surface area contributed by atoms with Crippen molar-refractivity contribution in [2.75, 3.05) is 0 Å². The number of carbonyl (C=O) groups is 1. The Morgan fingerprint density at radius 3 is 2.74 bits per heavy atom. The Hall–Kier alpha value is -1.79. The predicted molar refractivity (Wildman–Crippen MR) is 76.7 cm³/mol. The Morgan fingerprint density at radius 2 is 2.11 bits per heavy atom. The molecule has 1 aliphatic rings. The molecule has 2 rings (SSSR count). The molecular formula is C15H15ClN2O. The Morgan fingerprint density at radius 1 is 1.42 bits per heavy atom. The zero-order valence-corrected chi connectivity index (χ0v) is 11.7. The molecule has 1 heterocycles. The van der Waals surface area contributed by atoms with Gasteiger partial charge < -0.3 is 0 Å². The lowest BCUT2D eigenvalue weighted by molar-refractivity contribution is -0.129. The molecule has 0 bridgehead atoms. The van der Waals surface area contributed by atoms with Gasteiger partial charge in [0.1, 0.15) is 0 Å².